The molecule has 2 aliphatic rings. The summed E-state index contributed by atoms with van der Waals surface area (Å²) >= 11 is 0. The normalized spacial score (nSPS) is 21.3. The van der Waals surface area contributed by atoms with Gasteiger partial charge < -0.3 is 10.4 Å². The van der Waals surface area contributed by atoms with E-state index in [2.05, 4.69) is 10.3 Å². The fraction of sp³-hybridized carbons (Fsp3) is 0.143. The fourth-order valence-electron chi connectivity index (χ4n) is 4.31. The average molecular weight is 430 g/mol. The van der Waals surface area contributed by atoms with E-state index in [1.165, 1.54) is 6.20 Å². The van der Waals surface area contributed by atoms with Gasteiger partial charge in [-0.25, -0.2) is 22.4 Å². The number of rotatable bonds is 6. The molecule has 0 aromatic heterocycles. The number of nitrogens with zero attached hydrogens (tertiary/aromatic N) is 2. The fourth-order valence-corrected chi connectivity index (χ4v) is 4.31. The van der Waals surface area contributed by atoms with Gasteiger partial charge in [0.2, 0.25) is 6.41 Å². The highest BCUT2D eigenvalue weighted by Crippen LogP contribution is 2.53. The summed E-state index contributed by atoms with van der Waals surface area (Å²) in [4.78, 5) is 39.6. The van der Waals surface area contributed by atoms with Crippen molar-refractivity contribution in [3.63, 3.8) is 0 Å². The summed E-state index contributed by atoms with van der Waals surface area (Å²) in [5.74, 6) is -7.18. The number of hydrogen-bond acceptors (Lipinski definition) is 4. The van der Waals surface area contributed by atoms with E-state index in [4.69, 9.17) is 0 Å². The Bertz CT molecular complexity index is 1190. The van der Waals surface area contributed by atoms with Crippen LogP contribution in [0.1, 0.15) is 17.0 Å². The molecule has 0 radical (unpaired) electrons. The lowest BCUT2D eigenvalue weighted by Crippen LogP contribution is -2.50. The van der Waals surface area contributed by atoms with Gasteiger partial charge in [0.1, 0.15) is 23.8 Å². The number of aliphatic imine (C=N–C) groups is 1. The molecule has 10 heteroatoms. The monoisotopic (exact) mass is 430 g/mol. The van der Waals surface area contributed by atoms with Gasteiger partial charge in [-0.15, -0.1) is 0 Å². The number of hydrogen-bond donors (Lipinski definition) is 2. The first-order chi connectivity index (χ1) is 14.8. The van der Waals surface area contributed by atoms with E-state index < -0.39 is 52.7 Å². The summed E-state index contributed by atoms with van der Waals surface area (Å²) in [5, 5.41) is 12.2. The van der Waals surface area contributed by atoms with Gasteiger partial charge >= 0.3 is 5.97 Å². The van der Waals surface area contributed by atoms with Gasteiger partial charge in [-0.2, -0.15) is 0 Å². The minimum atomic E-state index is -1.68. The molecule has 0 fully saturated rings. The number of quaternary nitrogens is 1. The lowest BCUT2D eigenvalue weighted by atomic mass is 9.92. The largest absolute Gasteiger partial charge is 0.477 e. The van der Waals surface area contributed by atoms with Crippen LogP contribution in [0.4, 0.5) is 24.5 Å². The molecule has 7 nitrogen and oxygen atoms in total. The van der Waals surface area contributed by atoms with Crippen molar-refractivity contribution in [2.75, 3.05) is 11.9 Å². The van der Waals surface area contributed by atoms with Crippen LogP contribution >= 0.6 is 0 Å². The van der Waals surface area contributed by atoms with Crippen LogP contribution in [-0.4, -0.2) is 36.0 Å². The molecule has 2 atom stereocenters. The third-order valence-corrected chi connectivity index (χ3v) is 5.49. The number of ketones is 1. The van der Waals surface area contributed by atoms with Crippen LogP contribution in [0.3, 0.4) is 0 Å². The Morgan fingerprint density at radius 1 is 1.19 bits per heavy atom. The van der Waals surface area contributed by atoms with Gasteiger partial charge in [0.15, 0.2) is 29.8 Å². The number of carbonyl (C=O) groups excluding carboxylic acids is 2. The number of allylic oxidation sites excluding steroid dienone is 1. The number of halogens is 3. The van der Waals surface area contributed by atoms with Crippen LogP contribution in [0, 0.1) is 17.5 Å². The molecule has 0 bridgehead atoms. The topological polar surface area (TPSA) is 95.8 Å². The summed E-state index contributed by atoms with van der Waals surface area (Å²) < 4.78 is 41.3. The SMILES string of the molecule is O=CNc1cccc2c1C1C(=O)C=NC=C1[N+]2(CC(=O)O)Cc1ccc(F)c(F)c1F. The highest BCUT2D eigenvalue weighted by molar-refractivity contribution is 6.32. The van der Waals surface area contributed by atoms with Crippen molar-refractivity contribution in [2.45, 2.75) is 12.5 Å². The molecule has 2 heterocycles. The number of aliphatic carboxylic acids is 1. The predicted molar refractivity (Wildman–Crippen MR) is 105 cm³/mol. The first-order valence-corrected chi connectivity index (χ1v) is 9.12. The van der Waals surface area contributed by atoms with E-state index in [-0.39, 0.29) is 16.9 Å². The second-order valence-electron chi connectivity index (χ2n) is 7.18. The summed E-state index contributed by atoms with van der Waals surface area (Å²) in [7, 11) is 0. The molecule has 4 rings (SSSR count). The van der Waals surface area contributed by atoms with E-state index in [1.54, 1.807) is 18.2 Å². The van der Waals surface area contributed by atoms with E-state index in [9.17, 15) is 32.7 Å². The Morgan fingerprint density at radius 3 is 2.68 bits per heavy atom. The minimum absolute atomic E-state index is 0.231. The number of Topliss-reactive ketones (excluding diaryl/α,β-unsaturated/α-hetero) is 1. The standard InChI is InChI=1S/C21H14F3N3O4/c22-12-5-4-11(20(23)21(12)24)8-27(9-17(30)31)14-3-1-2-13(26-10-28)18(14)19-15(27)6-25-7-16(19)29/h1-7,10,19H,8-9H2,(H-,26,28,30,31)/p+1. The maximum absolute atomic E-state index is 14.6. The maximum Gasteiger partial charge on any atom is 0.360 e. The van der Waals surface area contributed by atoms with Crippen LogP contribution in [-0.2, 0) is 20.9 Å². The van der Waals surface area contributed by atoms with Crippen molar-refractivity contribution in [3.8, 4) is 0 Å². The third kappa shape index (κ3) is 3.12. The third-order valence-electron chi connectivity index (χ3n) is 5.49. The quantitative estimate of drug-likeness (QED) is 0.419. The van der Waals surface area contributed by atoms with Crippen LogP contribution in [0.25, 0.3) is 0 Å². The van der Waals surface area contributed by atoms with Crippen LogP contribution in [0.2, 0.25) is 0 Å². The first kappa shape index (κ1) is 20.5. The highest BCUT2D eigenvalue weighted by atomic mass is 19.2. The zero-order valence-corrected chi connectivity index (χ0v) is 15.8. The second kappa shape index (κ2) is 7.47. The van der Waals surface area contributed by atoms with Crippen molar-refractivity contribution >= 4 is 35.8 Å². The molecular weight excluding hydrogens is 415 g/mol. The number of carbonyl (C=O) groups is 3. The van der Waals surface area contributed by atoms with E-state index in [1.807, 2.05) is 0 Å². The van der Waals surface area contributed by atoms with E-state index in [0.717, 1.165) is 18.3 Å². The molecule has 2 aliphatic heterocycles. The van der Waals surface area contributed by atoms with E-state index >= 15 is 0 Å². The number of fused-ring (bicyclic) bond motifs is 3. The smallest absolute Gasteiger partial charge is 0.360 e. The second-order valence-corrected chi connectivity index (χ2v) is 7.18. The van der Waals surface area contributed by atoms with Gasteiger partial charge in [0.25, 0.3) is 0 Å². The van der Waals surface area contributed by atoms with Crippen molar-refractivity contribution in [3.05, 3.63) is 70.8 Å². The maximum atomic E-state index is 14.6. The Morgan fingerprint density at radius 2 is 1.97 bits per heavy atom. The average Bonchev–Trinajstić information content (AvgIpc) is 3.00. The molecule has 0 spiro atoms. The molecule has 2 aromatic rings. The number of benzene rings is 2. The van der Waals surface area contributed by atoms with Gasteiger partial charge in [0.05, 0.1) is 23.7 Å². The first-order valence-electron chi connectivity index (χ1n) is 9.12. The number of nitrogens with one attached hydrogen (secondary N) is 1. The number of carboxylic acids is 1. The summed E-state index contributed by atoms with van der Waals surface area (Å²) in [5.41, 5.74) is 0.899. The van der Waals surface area contributed by atoms with Gasteiger partial charge in [-0.3, -0.25) is 14.6 Å². The molecule has 0 saturated carbocycles. The zero-order valence-electron chi connectivity index (χ0n) is 15.8. The van der Waals surface area contributed by atoms with Gasteiger partial charge in [-0.1, -0.05) is 6.07 Å². The van der Waals surface area contributed by atoms with Crippen molar-refractivity contribution < 1.29 is 32.7 Å². The Kier molecular flexibility index (Phi) is 4.94. The molecule has 0 saturated heterocycles. The predicted octanol–water partition coefficient (Wildman–Crippen LogP) is 2.86. The Labute approximate surface area is 173 Å². The molecule has 2 aromatic carbocycles. The molecule has 1 amide bonds. The molecule has 31 heavy (non-hydrogen) atoms. The lowest BCUT2D eigenvalue weighted by Gasteiger charge is -2.35. The molecule has 2 unspecified atom stereocenters. The number of amides is 1. The van der Waals surface area contributed by atoms with Crippen molar-refractivity contribution in [2.24, 2.45) is 4.99 Å². The van der Waals surface area contributed by atoms with Crippen molar-refractivity contribution in [1.29, 1.82) is 0 Å². The van der Waals surface area contributed by atoms with Crippen LogP contribution in [0.15, 0.2) is 47.2 Å². The number of anilines is 1. The molecular formula is C21H15F3N3O4+. The zero-order chi connectivity index (χ0) is 22.3. The van der Waals surface area contributed by atoms with Crippen LogP contribution in [0.5, 0.6) is 0 Å². The molecule has 2 N–H and O–H groups in total. The summed E-state index contributed by atoms with van der Waals surface area (Å²) in [6.07, 6.45) is 2.81. The van der Waals surface area contributed by atoms with Crippen molar-refractivity contribution in [1.82, 2.24) is 4.48 Å². The molecule has 0 aliphatic carbocycles. The lowest BCUT2D eigenvalue weighted by molar-refractivity contribution is -0.137. The Hall–Kier alpha value is -3.79. The molecule has 158 valence electrons. The summed E-state index contributed by atoms with van der Waals surface area (Å²) in [6.45, 7) is -1.04. The van der Waals surface area contributed by atoms with Crippen LogP contribution < -0.4 is 9.80 Å². The van der Waals surface area contributed by atoms with E-state index in [0.29, 0.717) is 17.7 Å². The minimum Gasteiger partial charge on any atom is -0.477 e. The summed E-state index contributed by atoms with van der Waals surface area (Å²) in [6, 6.07) is 6.43. The highest BCUT2D eigenvalue weighted by Gasteiger charge is 2.55. The van der Waals surface area contributed by atoms with Gasteiger partial charge in [-0.05, 0) is 18.2 Å². The van der Waals surface area contributed by atoms with Gasteiger partial charge in [0, 0.05) is 11.6 Å². The number of carboxylic acid groups (broad SMARTS) is 1. The Balaban J connectivity index is 2.01.